The first-order valence-electron chi connectivity index (χ1n) is 4.79. The van der Waals surface area contributed by atoms with Gasteiger partial charge in [-0.2, -0.15) is 0 Å². The topological polar surface area (TPSA) is 20.3 Å². The van der Waals surface area contributed by atoms with Gasteiger partial charge in [0, 0.05) is 19.2 Å². The summed E-state index contributed by atoms with van der Waals surface area (Å²) in [5.41, 5.74) is 1.31. The van der Waals surface area contributed by atoms with Crippen LogP contribution in [0.3, 0.4) is 0 Å². The van der Waals surface area contributed by atoms with Gasteiger partial charge >= 0.3 is 0 Å². The Hall–Kier alpha value is -1.05. The van der Waals surface area contributed by atoms with Gasteiger partial charge in [0.1, 0.15) is 0 Å². The number of hydrogen-bond donors (Lipinski definition) is 0. The van der Waals surface area contributed by atoms with Crippen molar-refractivity contribution in [2.24, 2.45) is 0 Å². The lowest BCUT2D eigenvalue weighted by Gasteiger charge is -2.20. The molecule has 2 heteroatoms. The van der Waals surface area contributed by atoms with Crippen LogP contribution in [0.1, 0.15) is 33.1 Å². The molecule has 13 heavy (non-hydrogen) atoms. The number of amides is 1. The number of rotatable bonds is 3. The van der Waals surface area contributed by atoms with Gasteiger partial charge in [0.05, 0.1) is 0 Å². The Bertz CT molecular complexity index is 236. The van der Waals surface area contributed by atoms with E-state index in [-0.39, 0.29) is 5.91 Å². The van der Waals surface area contributed by atoms with Gasteiger partial charge in [-0.05, 0) is 26.7 Å². The van der Waals surface area contributed by atoms with Crippen molar-refractivity contribution in [3.05, 3.63) is 23.9 Å². The van der Waals surface area contributed by atoms with Gasteiger partial charge in [0.25, 0.3) is 0 Å². The average molecular weight is 179 g/mol. The van der Waals surface area contributed by atoms with Crippen molar-refractivity contribution in [1.29, 1.82) is 0 Å². The molecule has 2 nitrogen and oxygen atoms in total. The van der Waals surface area contributed by atoms with Crippen molar-refractivity contribution in [3.63, 3.8) is 0 Å². The van der Waals surface area contributed by atoms with E-state index < -0.39 is 0 Å². The Morgan fingerprint density at radius 2 is 2.38 bits per heavy atom. The predicted octanol–water partition coefficient (Wildman–Crippen LogP) is 2.48. The Morgan fingerprint density at radius 3 is 3.00 bits per heavy atom. The largest absolute Gasteiger partial charge is 0.319 e. The van der Waals surface area contributed by atoms with E-state index in [0.717, 1.165) is 19.4 Å². The fraction of sp³-hybridized carbons (Fsp3) is 0.545. The van der Waals surface area contributed by atoms with E-state index in [1.54, 1.807) is 0 Å². The van der Waals surface area contributed by atoms with Crippen LogP contribution in [-0.2, 0) is 4.79 Å². The van der Waals surface area contributed by atoms with Gasteiger partial charge in [-0.15, -0.1) is 0 Å². The van der Waals surface area contributed by atoms with Crippen LogP contribution in [0.5, 0.6) is 0 Å². The minimum absolute atomic E-state index is 0.254. The number of carbonyl (C=O) groups excluding carboxylic acids is 1. The number of hydrogen-bond acceptors (Lipinski definition) is 1. The summed E-state index contributed by atoms with van der Waals surface area (Å²) in [4.78, 5) is 13.1. The molecule has 0 atom stereocenters. The Balaban J connectivity index is 2.35. The zero-order chi connectivity index (χ0) is 9.68. The Kier molecular flexibility index (Phi) is 3.74. The predicted molar refractivity (Wildman–Crippen MR) is 54.1 cm³/mol. The molecule has 1 amide bonds. The Morgan fingerprint density at radius 1 is 1.62 bits per heavy atom. The third-order valence-electron chi connectivity index (χ3n) is 2.05. The van der Waals surface area contributed by atoms with E-state index in [1.165, 1.54) is 5.57 Å². The van der Waals surface area contributed by atoms with Gasteiger partial charge in [0.15, 0.2) is 0 Å². The number of nitrogens with zero attached hydrogens (tertiary/aromatic N) is 1. The summed E-state index contributed by atoms with van der Waals surface area (Å²) in [6.45, 7) is 4.97. The first-order valence-corrected chi connectivity index (χ1v) is 4.79. The summed E-state index contributed by atoms with van der Waals surface area (Å²) < 4.78 is 0. The van der Waals surface area contributed by atoms with Crippen LogP contribution in [-0.4, -0.2) is 17.4 Å². The van der Waals surface area contributed by atoms with Crippen LogP contribution < -0.4 is 0 Å². The van der Waals surface area contributed by atoms with E-state index >= 15 is 0 Å². The maximum atomic E-state index is 11.3. The highest BCUT2D eigenvalue weighted by molar-refractivity contribution is 5.78. The second-order valence-corrected chi connectivity index (χ2v) is 3.58. The number of allylic oxidation sites excluding steroid dienone is 2. The SMILES string of the molecule is CC(C)=CCCN1C=CCCC1=O. The molecule has 0 aromatic heterocycles. The first-order chi connectivity index (χ1) is 6.20. The molecule has 0 spiro atoms. The minimum Gasteiger partial charge on any atom is -0.319 e. The highest BCUT2D eigenvalue weighted by Gasteiger charge is 2.11. The molecular formula is C11H17NO. The fourth-order valence-electron chi connectivity index (χ4n) is 1.33. The molecule has 0 aromatic carbocycles. The summed E-state index contributed by atoms with van der Waals surface area (Å²) >= 11 is 0. The highest BCUT2D eigenvalue weighted by Crippen LogP contribution is 2.08. The van der Waals surface area contributed by atoms with Crippen LogP contribution in [0.4, 0.5) is 0 Å². The van der Waals surface area contributed by atoms with Crippen molar-refractivity contribution in [2.45, 2.75) is 33.1 Å². The van der Waals surface area contributed by atoms with Crippen LogP contribution >= 0.6 is 0 Å². The molecule has 0 saturated heterocycles. The van der Waals surface area contributed by atoms with Crippen LogP contribution in [0, 0.1) is 0 Å². The number of carbonyl (C=O) groups is 1. The standard InChI is InChI=1S/C11H17NO/c1-10(2)6-5-9-12-8-4-3-7-11(12)13/h4,6,8H,3,5,7,9H2,1-2H3. The Labute approximate surface area is 79.9 Å². The maximum absolute atomic E-state index is 11.3. The highest BCUT2D eigenvalue weighted by atomic mass is 16.2. The summed E-state index contributed by atoms with van der Waals surface area (Å²) in [5, 5.41) is 0. The second kappa shape index (κ2) is 4.85. The van der Waals surface area contributed by atoms with Gasteiger partial charge in [0.2, 0.25) is 5.91 Å². The lowest BCUT2D eigenvalue weighted by molar-refractivity contribution is -0.129. The van der Waals surface area contributed by atoms with Gasteiger partial charge < -0.3 is 4.90 Å². The molecule has 72 valence electrons. The lowest BCUT2D eigenvalue weighted by Crippen LogP contribution is -2.28. The van der Waals surface area contributed by atoms with Crippen molar-refractivity contribution < 1.29 is 4.79 Å². The normalized spacial score (nSPS) is 16.2. The third-order valence-corrected chi connectivity index (χ3v) is 2.05. The fourth-order valence-corrected chi connectivity index (χ4v) is 1.33. The van der Waals surface area contributed by atoms with E-state index in [0.29, 0.717) is 6.42 Å². The summed E-state index contributed by atoms with van der Waals surface area (Å²) in [5.74, 6) is 0.254. The molecule has 0 radical (unpaired) electrons. The first kappa shape index (κ1) is 10.0. The molecule has 1 aliphatic rings. The zero-order valence-electron chi connectivity index (χ0n) is 8.42. The van der Waals surface area contributed by atoms with Gasteiger partial charge in [-0.3, -0.25) is 4.79 Å². The van der Waals surface area contributed by atoms with Crippen molar-refractivity contribution in [2.75, 3.05) is 6.54 Å². The molecule has 0 saturated carbocycles. The average Bonchev–Trinajstić information content (AvgIpc) is 2.08. The maximum Gasteiger partial charge on any atom is 0.226 e. The van der Waals surface area contributed by atoms with Crippen LogP contribution in [0.25, 0.3) is 0 Å². The molecule has 0 N–H and O–H groups in total. The molecule has 1 aliphatic heterocycles. The van der Waals surface area contributed by atoms with Gasteiger partial charge in [-0.25, -0.2) is 0 Å². The quantitative estimate of drug-likeness (QED) is 0.609. The summed E-state index contributed by atoms with van der Waals surface area (Å²) in [6.07, 6.45) is 8.66. The molecule has 1 heterocycles. The summed E-state index contributed by atoms with van der Waals surface area (Å²) in [7, 11) is 0. The lowest BCUT2D eigenvalue weighted by atomic mass is 10.2. The van der Waals surface area contributed by atoms with Crippen molar-refractivity contribution in [1.82, 2.24) is 4.90 Å². The molecule has 0 aliphatic carbocycles. The molecule has 1 rings (SSSR count). The smallest absolute Gasteiger partial charge is 0.226 e. The van der Waals surface area contributed by atoms with Crippen molar-refractivity contribution in [3.8, 4) is 0 Å². The molecular weight excluding hydrogens is 162 g/mol. The van der Waals surface area contributed by atoms with E-state index in [2.05, 4.69) is 26.0 Å². The van der Waals surface area contributed by atoms with Crippen molar-refractivity contribution >= 4 is 5.91 Å². The van der Waals surface area contributed by atoms with Crippen LogP contribution in [0.15, 0.2) is 23.9 Å². The molecule has 0 unspecified atom stereocenters. The molecule has 0 aromatic rings. The summed E-state index contributed by atoms with van der Waals surface area (Å²) in [6, 6.07) is 0. The van der Waals surface area contributed by atoms with Gasteiger partial charge in [-0.1, -0.05) is 17.7 Å². The molecule has 0 fully saturated rings. The zero-order valence-corrected chi connectivity index (χ0v) is 8.42. The van der Waals surface area contributed by atoms with E-state index in [1.807, 2.05) is 11.1 Å². The van der Waals surface area contributed by atoms with E-state index in [9.17, 15) is 4.79 Å². The second-order valence-electron chi connectivity index (χ2n) is 3.58. The monoisotopic (exact) mass is 179 g/mol. The molecule has 0 bridgehead atoms. The van der Waals surface area contributed by atoms with Crippen LogP contribution in [0.2, 0.25) is 0 Å². The minimum atomic E-state index is 0.254. The van der Waals surface area contributed by atoms with E-state index in [4.69, 9.17) is 0 Å². The third kappa shape index (κ3) is 3.45.